The SMILES string of the molecule is CN(CC(=O)N1CCCC1)C1CCCNC1. The van der Waals surface area contributed by atoms with Gasteiger partial charge >= 0.3 is 0 Å². The summed E-state index contributed by atoms with van der Waals surface area (Å²) in [5, 5.41) is 3.39. The molecule has 92 valence electrons. The van der Waals surface area contributed by atoms with E-state index in [2.05, 4.69) is 17.3 Å². The minimum absolute atomic E-state index is 0.311. The number of hydrogen-bond acceptors (Lipinski definition) is 3. The lowest BCUT2D eigenvalue weighted by Gasteiger charge is -2.32. The number of rotatable bonds is 3. The van der Waals surface area contributed by atoms with Crippen LogP contribution < -0.4 is 5.32 Å². The number of carbonyl (C=O) groups excluding carboxylic acids is 1. The highest BCUT2D eigenvalue weighted by Gasteiger charge is 2.23. The van der Waals surface area contributed by atoms with Crippen LogP contribution in [0.5, 0.6) is 0 Å². The third kappa shape index (κ3) is 2.95. The van der Waals surface area contributed by atoms with Crippen LogP contribution in [0.1, 0.15) is 25.7 Å². The first kappa shape index (κ1) is 11.9. The first-order valence-electron chi connectivity index (χ1n) is 6.46. The van der Waals surface area contributed by atoms with E-state index in [-0.39, 0.29) is 0 Å². The fourth-order valence-corrected chi connectivity index (χ4v) is 2.62. The molecule has 4 heteroatoms. The predicted molar refractivity (Wildman–Crippen MR) is 64.3 cm³/mol. The van der Waals surface area contributed by atoms with Crippen LogP contribution in [0.3, 0.4) is 0 Å². The first-order chi connectivity index (χ1) is 7.77. The summed E-state index contributed by atoms with van der Waals surface area (Å²) in [4.78, 5) is 16.2. The third-order valence-electron chi connectivity index (χ3n) is 3.74. The van der Waals surface area contributed by atoms with Crippen LogP contribution in [-0.2, 0) is 4.79 Å². The lowest BCUT2D eigenvalue weighted by Crippen LogP contribution is -2.48. The minimum Gasteiger partial charge on any atom is -0.342 e. The van der Waals surface area contributed by atoms with E-state index in [0.717, 1.165) is 26.2 Å². The number of likely N-dealkylation sites (N-methyl/N-ethyl adjacent to an activating group) is 1. The maximum absolute atomic E-state index is 12.0. The molecule has 1 amide bonds. The van der Waals surface area contributed by atoms with Gasteiger partial charge in [0.25, 0.3) is 0 Å². The Kier molecular flexibility index (Phi) is 4.18. The van der Waals surface area contributed by atoms with E-state index >= 15 is 0 Å². The van der Waals surface area contributed by atoms with Gasteiger partial charge in [0.1, 0.15) is 0 Å². The summed E-state index contributed by atoms with van der Waals surface area (Å²) < 4.78 is 0. The molecule has 2 heterocycles. The molecule has 0 aromatic rings. The zero-order valence-corrected chi connectivity index (χ0v) is 10.2. The Morgan fingerprint density at radius 2 is 2.12 bits per heavy atom. The van der Waals surface area contributed by atoms with Crippen molar-refractivity contribution in [3.8, 4) is 0 Å². The van der Waals surface area contributed by atoms with Crippen molar-refractivity contribution in [2.45, 2.75) is 31.7 Å². The summed E-state index contributed by atoms with van der Waals surface area (Å²) in [5.74, 6) is 0.311. The fourth-order valence-electron chi connectivity index (χ4n) is 2.62. The molecule has 0 bridgehead atoms. The average molecular weight is 225 g/mol. The Morgan fingerprint density at radius 3 is 2.75 bits per heavy atom. The summed E-state index contributed by atoms with van der Waals surface area (Å²) in [7, 11) is 2.08. The molecule has 0 aliphatic carbocycles. The Morgan fingerprint density at radius 1 is 1.38 bits per heavy atom. The molecule has 16 heavy (non-hydrogen) atoms. The van der Waals surface area contributed by atoms with Gasteiger partial charge in [0, 0.05) is 25.7 Å². The Bertz CT molecular complexity index is 232. The molecule has 1 unspecified atom stereocenters. The fraction of sp³-hybridized carbons (Fsp3) is 0.917. The average Bonchev–Trinajstić information content (AvgIpc) is 2.83. The van der Waals surface area contributed by atoms with E-state index < -0.39 is 0 Å². The van der Waals surface area contributed by atoms with Gasteiger partial charge in [-0.3, -0.25) is 9.69 Å². The normalized spacial score (nSPS) is 26.4. The number of piperidine rings is 1. The summed E-state index contributed by atoms with van der Waals surface area (Å²) in [6.45, 7) is 4.69. The second kappa shape index (κ2) is 5.64. The van der Waals surface area contributed by atoms with Crippen molar-refractivity contribution >= 4 is 5.91 Å². The number of carbonyl (C=O) groups is 1. The highest BCUT2D eigenvalue weighted by atomic mass is 16.2. The van der Waals surface area contributed by atoms with Crippen LogP contribution in [0.2, 0.25) is 0 Å². The summed E-state index contributed by atoms with van der Waals surface area (Å²) >= 11 is 0. The Hall–Kier alpha value is -0.610. The van der Waals surface area contributed by atoms with Crippen molar-refractivity contribution in [2.24, 2.45) is 0 Å². The van der Waals surface area contributed by atoms with Crippen LogP contribution in [0.15, 0.2) is 0 Å². The van der Waals surface area contributed by atoms with E-state index in [0.29, 0.717) is 18.5 Å². The molecule has 2 aliphatic rings. The van der Waals surface area contributed by atoms with Crippen LogP contribution in [0, 0.1) is 0 Å². The number of amides is 1. The van der Waals surface area contributed by atoms with Crippen molar-refractivity contribution in [1.82, 2.24) is 15.1 Å². The van der Waals surface area contributed by atoms with Crippen molar-refractivity contribution in [3.05, 3.63) is 0 Å². The predicted octanol–water partition coefficient (Wildman–Crippen LogP) is 0.293. The topological polar surface area (TPSA) is 35.6 Å². The number of nitrogens with zero attached hydrogens (tertiary/aromatic N) is 2. The van der Waals surface area contributed by atoms with E-state index in [1.165, 1.54) is 25.7 Å². The Balaban J connectivity index is 1.76. The molecular formula is C12H23N3O. The van der Waals surface area contributed by atoms with Gasteiger partial charge in [-0.25, -0.2) is 0 Å². The maximum Gasteiger partial charge on any atom is 0.236 e. The molecule has 0 aromatic carbocycles. The lowest BCUT2D eigenvalue weighted by atomic mass is 10.1. The van der Waals surface area contributed by atoms with Crippen molar-refractivity contribution < 1.29 is 4.79 Å². The second-order valence-electron chi connectivity index (χ2n) is 5.00. The molecule has 2 fully saturated rings. The quantitative estimate of drug-likeness (QED) is 0.750. The monoisotopic (exact) mass is 225 g/mol. The molecule has 1 N–H and O–H groups in total. The highest BCUT2D eigenvalue weighted by molar-refractivity contribution is 5.78. The van der Waals surface area contributed by atoms with Crippen molar-refractivity contribution in [1.29, 1.82) is 0 Å². The van der Waals surface area contributed by atoms with Gasteiger partial charge in [-0.1, -0.05) is 0 Å². The first-order valence-corrected chi connectivity index (χ1v) is 6.46. The van der Waals surface area contributed by atoms with Gasteiger partial charge in [-0.2, -0.15) is 0 Å². The molecule has 0 spiro atoms. The maximum atomic E-state index is 12.0. The van der Waals surface area contributed by atoms with Crippen molar-refractivity contribution in [3.63, 3.8) is 0 Å². The second-order valence-corrected chi connectivity index (χ2v) is 5.00. The van der Waals surface area contributed by atoms with E-state index in [4.69, 9.17) is 0 Å². The molecule has 2 rings (SSSR count). The van der Waals surface area contributed by atoms with E-state index in [9.17, 15) is 4.79 Å². The van der Waals surface area contributed by atoms with Gasteiger partial charge < -0.3 is 10.2 Å². The standard InChI is InChI=1S/C12H23N3O/c1-14(11-5-4-6-13-9-11)10-12(16)15-7-2-3-8-15/h11,13H,2-10H2,1H3. The number of nitrogens with one attached hydrogen (secondary N) is 1. The van der Waals surface area contributed by atoms with Crippen LogP contribution >= 0.6 is 0 Å². The highest BCUT2D eigenvalue weighted by Crippen LogP contribution is 2.11. The van der Waals surface area contributed by atoms with Gasteiger partial charge in [0.2, 0.25) is 5.91 Å². The third-order valence-corrected chi connectivity index (χ3v) is 3.74. The van der Waals surface area contributed by atoms with E-state index in [1.54, 1.807) is 0 Å². The summed E-state index contributed by atoms with van der Waals surface area (Å²) in [6.07, 6.45) is 4.81. The lowest BCUT2D eigenvalue weighted by molar-refractivity contribution is -0.131. The van der Waals surface area contributed by atoms with Crippen molar-refractivity contribution in [2.75, 3.05) is 39.8 Å². The molecule has 4 nitrogen and oxygen atoms in total. The van der Waals surface area contributed by atoms with Gasteiger partial charge in [0.15, 0.2) is 0 Å². The minimum atomic E-state index is 0.311. The molecule has 1 atom stereocenters. The van der Waals surface area contributed by atoms with Crippen LogP contribution in [0.4, 0.5) is 0 Å². The largest absolute Gasteiger partial charge is 0.342 e. The molecule has 2 saturated heterocycles. The zero-order valence-electron chi connectivity index (χ0n) is 10.2. The number of hydrogen-bond donors (Lipinski definition) is 1. The van der Waals surface area contributed by atoms with Gasteiger partial charge in [0.05, 0.1) is 6.54 Å². The smallest absolute Gasteiger partial charge is 0.236 e. The molecule has 0 aromatic heterocycles. The van der Waals surface area contributed by atoms with E-state index in [1.807, 2.05) is 4.90 Å². The van der Waals surface area contributed by atoms with Crippen LogP contribution in [-0.4, -0.2) is 61.5 Å². The molecule has 0 saturated carbocycles. The van der Waals surface area contributed by atoms with Gasteiger partial charge in [-0.15, -0.1) is 0 Å². The summed E-state index contributed by atoms with van der Waals surface area (Å²) in [6, 6.07) is 0.542. The molecule has 0 radical (unpaired) electrons. The Labute approximate surface area is 98.0 Å². The zero-order chi connectivity index (χ0) is 11.4. The molecular weight excluding hydrogens is 202 g/mol. The number of likely N-dealkylation sites (tertiary alicyclic amines) is 1. The van der Waals surface area contributed by atoms with Gasteiger partial charge in [-0.05, 0) is 39.3 Å². The summed E-state index contributed by atoms with van der Waals surface area (Å²) in [5.41, 5.74) is 0. The molecule has 2 aliphatic heterocycles. The van der Waals surface area contributed by atoms with Crippen LogP contribution in [0.25, 0.3) is 0 Å².